The second kappa shape index (κ2) is 5.65. The first kappa shape index (κ1) is 13.8. The molecule has 0 aliphatic rings. The molecular formula is C15H16N4OS. The SMILES string of the molecule is COc1cncc(CNc2nc(C)nc3scc(C)c23)c1. The van der Waals surface area contributed by atoms with Crippen molar-refractivity contribution in [2.75, 3.05) is 12.4 Å². The molecule has 3 rings (SSSR count). The van der Waals surface area contributed by atoms with E-state index in [1.54, 1.807) is 24.6 Å². The van der Waals surface area contributed by atoms with E-state index in [1.807, 2.05) is 19.2 Å². The number of anilines is 1. The van der Waals surface area contributed by atoms with Gasteiger partial charge in [-0.05, 0) is 36.4 Å². The number of methoxy groups -OCH3 is 1. The lowest BCUT2D eigenvalue weighted by Crippen LogP contribution is -2.04. The number of nitrogens with zero attached hydrogens (tertiary/aromatic N) is 3. The van der Waals surface area contributed by atoms with Crippen molar-refractivity contribution in [1.82, 2.24) is 15.0 Å². The van der Waals surface area contributed by atoms with E-state index in [0.717, 1.165) is 33.2 Å². The van der Waals surface area contributed by atoms with Crippen LogP contribution in [0.3, 0.4) is 0 Å². The molecule has 1 N–H and O–H groups in total. The lowest BCUT2D eigenvalue weighted by Gasteiger charge is -2.09. The first-order valence-electron chi connectivity index (χ1n) is 6.61. The van der Waals surface area contributed by atoms with Crippen molar-refractivity contribution in [2.45, 2.75) is 20.4 Å². The number of aromatic nitrogens is 3. The van der Waals surface area contributed by atoms with Crippen LogP contribution in [0, 0.1) is 13.8 Å². The van der Waals surface area contributed by atoms with Crippen molar-refractivity contribution in [2.24, 2.45) is 0 Å². The summed E-state index contributed by atoms with van der Waals surface area (Å²) in [6, 6.07) is 1.96. The van der Waals surface area contributed by atoms with Gasteiger partial charge in [-0.15, -0.1) is 11.3 Å². The summed E-state index contributed by atoms with van der Waals surface area (Å²) >= 11 is 1.65. The third-order valence-corrected chi connectivity index (χ3v) is 4.18. The fourth-order valence-electron chi connectivity index (χ4n) is 2.18. The molecule has 3 aromatic rings. The molecule has 5 nitrogen and oxygen atoms in total. The van der Waals surface area contributed by atoms with E-state index in [2.05, 4.69) is 32.6 Å². The van der Waals surface area contributed by atoms with Gasteiger partial charge in [0.25, 0.3) is 0 Å². The van der Waals surface area contributed by atoms with Gasteiger partial charge >= 0.3 is 0 Å². The van der Waals surface area contributed by atoms with Crippen molar-refractivity contribution >= 4 is 27.4 Å². The molecule has 0 aromatic carbocycles. The highest BCUT2D eigenvalue weighted by Crippen LogP contribution is 2.29. The third kappa shape index (κ3) is 2.80. The minimum atomic E-state index is 0.644. The number of nitrogens with one attached hydrogen (secondary N) is 1. The van der Waals surface area contributed by atoms with Gasteiger partial charge in [-0.25, -0.2) is 9.97 Å². The van der Waals surface area contributed by atoms with Gasteiger partial charge in [-0.2, -0.15) is 0 Å². The Kier molecular flexibility index (Phi) is 3.70. The van der Waals surface area contributed by atoms with Gasteiger partial charge in [0, 0.05) is 12.7 Å². The molecule has 0 radical (unpaired) electrons. The number of ether oxygens (including phenoxy) is 1. The van der Waals surface area contributed by atoms with E-state index in [-0.39, 0.29) is 0 Å². The summed E-state index contributed by atoms with van der Waals surface area (Å²) in [5.74, 6) is 2.40. The van der Waals surface area contributed by atoms with Gasteiger partial charge in [0.2, 0.25) is 0 Å². The van der Waals surface area contributed by atoms with Crippen LogP contribution in [0.4, 0.5) is 5.82 Å². The summed E-state index contributed by atoms with van der Waals surface area (Å²) in [6.45, 7) is 4.63. The molecule has 21 heavy (non-hydrogen) atoms. The number of hydrogen-bond acceptors (Lipinski definition) is 6. The average Bonchev–Trinajstić information content (AvgIpc) is 2.86. The van der Waals surface area contributed by atoms with Gasteiger partial charge in [0.05, 0.1) is 18.7 Å². The first-order valence-corrected chi connectivity index (χ1v) is 7.49. The van der Waals surface area contributed by atoms with Crippen LogP contribution in [-0.2, 0) is 6.54 Å². The maximum absolute atomic E-state index is 5.19. The second-order valence-corrected chi connectivity index (χ2v) is 5.66. The quantitative estimate of drug-likeness (QED) is 0.801. The minimum absolute atomic E-state index is 0.644. The van der Waals surface area contributed by atoms with Gasteiger partial charge in [-0.1, -0.05) is 0 Å². The zero-order valence-electron chi connectivity index (χ0n) is 12.2. The maximum Gasteiger partial charge on any atom is 0.139 e. The van der Waals surface area contributed by atoms with Gasteiger partial charge < -0.3 is 10.1 Å². The standard InChI is InChI=1S/C15H16N4OS/c1-9-8-21-15-13(9)14(18-10(2)19-15)17-6-11-4-12(20-3)7-16-5-11/h4-5,7-8H,6H2,1-3H3,(H,17,18,19). The molecule has 0 amide bonds. The fourth-order valence-corrected chi connectivity index (χ4v) is 3.14. The molecule has 6 heteroatoms. The number of rotatable bonds is 4. The monoisotopic (exact) mass is 300 g/mol. The molecule has 0 spiro atoms. The van der Waals surface area contributed by atoms with Crippen LogP contribution in [0.25, 0.3) is 10.2 Å². The molecule has 3 aromatic heterocycles. The van der Waals surface area contributed by atoms with Gasteiger partial charge in [0.15, 0.2) is 0 Å². The molecule has 0 saturated heterocycles. The number of aryl methyl sites for hydroxylation is 2. The van der Waals surface area contributed by atoms with Gasteiger partial charge in [-0.3, -0.25) is 4.98 Å². The smallest absolute Gasteiger partial charge is 0.139 e. The Morgan fingerprint density at radius 1 is 1.24 bits per heavy atom. The van der Waals surface area contributed by atoms with Gasteiger partial charge in [0.1, 0.15) is 22.2 Å². The Hall–Kier alpha value is -2.21. The summed E-state index contributed by atoms with van der Waals surface area (Å²) in [5.41, 5.74) is 2.24. The Morgan fingerprint density at radius 2 is 2.10 bits per heavy atom. The Labute approximate surface area is 127 Å². The molecule has 0 atom stereocenters. The van der Waals surface area contributed by atoms with Crippen LogP contribution in [0.1, 0.15) is 17.0 Å². The topological polar surface area (TPSA) is 59.9 Å². The Bertz CT molecular complexity index is 784. The molecule has 0 saturated carbocycles. The lowest BCUT2D eigenvalue weighted by atomic mass is 10.2. The van der Waals surface area contributed by atoms with E-state index < -0.39 is 0 Å². The molecule has 3 heterocycles. The molecule has 108 valence electrons. The lowest BCUT2D eigenvalue weighted by molar-refractivity contribution is 0.412. The molecule has 0 fully saturated rings. The highest BCUT2D eigenvalue weighted by atomic mass is 32.1. The summed E-state index contributed by atoms with van der Waals surface area (Å²) in [4.78, 5) is 14.2. The van der Waals surface area contributed by atoms with E-state index >= 15 is 0 Å². The van der Waals surface area contributed by atoms with E-state index in [0.29, 0.717) is 6.54 Å². The van der Waals surface area contributed by atoms with Crippen molar-refractivity contribution in [1.29, 1.82) is 0 Å². The third-order valence-electron chi connectivity index (χ3n) is 3.19. The number of thiophene rings is 1. The van der Waals surface area contributed by atoms with Crippen LogP contribution in [0.15, 0.2) is 23.8 Å². The van der Waals surface area contributed by atoms with E-state index in [4.69, 9.17) is 4.74 Å². The fraction of sp³-hybridized carbons (Fsp3) is 0.267. The van der Waals surface area contributed by atoms with Crippen molar-refractivity contribution in [3.8, 4) is 5.75 Å². The number of fused-ring (bicyclic) bond motifs is 1. The van der Waals surface area contributed by atoms with Crippen LogP contribution in [-0.4, -0.2) is 22.1 Å². The first-order chi connectivity index (χ1) is 10.2. The zero-order chi connectivity index (χ0) is 14.8. The highest BCUT2D eigenvalue weighted by molar-refractivity contribution is 7.17. The highest BCUT2D eigenvalue weighted by Gasteiger charge is 2.10. The summed E-state index contributed by atoms with van der Waals surface area (Å²) in [5, 5.41) is 6.59. The van der Waals surface area contributed by atoms with Crippen LogP contribution in [0.5, 0.6) is 5.75 Å². The zero-order valence-corrected chi connectivity index (χ0v) is 13.0. The van der Waals surface area contributed by atoms with Crippen LogP contribution in [0.2, 0.25) is 0 Å². The molecule has 0 aliphatic heterocycles. The predicted molar refractivity (Wildman–Crippen MR) is 85.0 cm³/mol. The van der Waals surface area contributed by atoms with Crippen LogP contribution < -0.4 is 10.1 Å². The minimum Gasteiger partial charge on any atom is -0.495 e. The molecular weight excluding hydrogens is 284 g/mol. The number of pyridine rings is 1. The van der Waals surface area contributed by atoms with E-state index in [9.17, 15) is 0 Å². The molecule has 0 bridgehead atoms. The van der Waals surface area contributed by atoms with Crippen LogP contribution >= 0.6 is 11.3 Å². The largest absolute Gasteiger partial charge is 0.495 e. The normalized spacial score (nSPS) is 10.8. The van der Waals surface area contributed by atoms with Crippen molar-refractivity contribution in [3.05, 3.63) is 40.8 Å². The number of hydrogen-bond donors (Lipinski definition) is 1. The Balaban J connectivity index is 1.89. The van der Waals surface area contributed by atoms with Crippen molar-refractivity contribution in [3.63, 3.8) is 0 Å². The summed E-state index contributed by atoms with van der Waals surface area (Å²) < 4.78 is 5.19. The predicted octanol–water partition coefficient (Wildman–Crippen LogP) is 3.32. The summed E-state index contributed by atoms with van der Waals surface area (Å²) in [7, 11) is 1.64. The second-order valence-electron chi connectivity index (χ2n) is 4.80. The Morgan fingerprint density at radius 3 is 2.90 bits per heavy atom. The molecule has 0 unspecified atom stereocenters. The van der Waals surface area contributed by atoms with E-state index in [1.165, 1.54) is 5.56 Å². The average molecular weight is 300 g/mol. The van der Waals surface area contributed by atoms with Crippen molar-refractivity contribution < 1.29 is 4.74 Å². The molecule has 0 aliphatic carbocycles. The summed E-state index contributed by atoms with van der Waals surface area (Å²) in [6.07, 6.45) is 3.51. The maximum atomic E-state index is 5.19.